The molecule has 1 aromatic rings. The van der Waals surface area contributed by atoms with Crippen molar-refractivity contribution in [2.45, 2.75) is 44.8 Å². The average Bonchev–Trinajstić information content (AvgIpc) is 3.02. The van der Waals surface area contributed by atoms with Gasteiger partial charge in [-0.05, 0) is 55.2 Å². The SMILES string of the molecule is CC(C)NC(Cn1cc(I)cn1)(C(=O)O)C1CC1. The Morgan fingerprint density at radius 1 is 1.72 bits per heavy atom. The van der Waals surface area contributed by atoms with Gasteiger partial charge in [0.2, 0.25) is 0 Å². The van der Waals surface area contributed by atoms with Crippen molar-refractivity contribution >= 4 is 28.6 Å². The minimum Gasteiger partial charge on any atom is -0.480 e. The van der Waals surface area contributed by atoms with E-state index in [0.717, 1.165) is 16.4 Å². The van der Waals surface area contributed by atoms with Crippen molar-refractivity contribution in [2.75, 3.05) is 0 Å². The van der Waals surface area contributed by atoms with Crippen LogP contribution in [0.4, 0.5) is 0 Å². The van der Waals surface area contributed by atoms with Gasteiger partial charge >= 0.3 is 5.97 Å². The van der Waals surface area contributed by atoms with Gasteiger partial charge in [0.1, 0.15) is 5.54 Å². The lowest BCUT2D eigenvalue weighted by molar-refractivity contribution is -0.147. The third kappa shape index (κ3) is 2.85. The van der Waals surface area contributed by atoms with Gasteiger partial charge in [-0.15, -0.1) is 0 Å². The van der Waals surface area contributed by atoms with E-state index in [0.29, 0.717) is 6.54 Å². The second-order valence-electron chi connectivity index (χ2n) is 5.21. The molecule has 0 bridgehead atoms. The third-order valence-corrected chi connectivity index (χ3v) is 3.77. The summed E-state index contributed by atoms with van der Waals surface area (Å²) in [4.78, 5) is 11.7. The number of nitrogens with zero attached hydrogens (tertiary/aromatic N) is 2. The Bertz CT molecular complexity index is 442. The maximum absolute atomic E-state index is 11.7. The molecule has 1 heterocycles. The summed E-state index contributed by atoms with van der Waals surface area (Å²) in [5.41, 5.74) is -0.886. The van der Waals surface area contributed by atoms with Gasteiger partial charge in [0.15, 0.2) is 0 Å². The number of nitrogens with one attached hydrogen (secondary N) is 1. The van der Waals surface area contributed by atoms with Gasteiger partial charge in [-0.3, -0.25) is 14.8 Å². The molecule has 0 saturated heterocycles. The molecule has 1 fully saturated rings. The number of aliphatic carboxylic acids is 1. The first-order valence-electron chi connectivity index (χ1n) is 6.13. The van der Waals surface area contributed by atoms with Gasteiger partial charge in [0.05, 0.1) is 16.3 Å². The van der Waals surface area contributed by atoms with Crippen molar-refractivity contribution in [3.63, 3.8) is 0 Å². The molecule has 0 aliphatic heterocycles. The molecule has 100 valence electrons. The summed E-state index contributed by atoms with van der Waals surface area (Å²) in [6.45, 7) is 4.34. The van der Waals surface area contributed by atoms with E-state index in [1.165, 1.54) is 0 Å². The van der Waals surface area contributed by atoms with Crippen LogP contribution in [0.5, 0.6) is 0 Å². The molecule has 18 heavy (non-hydrogen) atoms. The molecule has 1 aliphatic rings. The Balaban J connectivity index is 2.25. The lowest BCUT2D eigenvalue weighted by atomic mass is 9.92. The molecule has 1 saturated carbocycles. The van der Waals surface area contributed by atoms with Crippen LogP contribution in [0.2, 0.25) is 0 Å². The van der Waals surface area contributed by atoms with Crippen LogP contribution in [0.25, 0.3) is 0 Å². The summed E-state index contributed by atoms with van der Waals surface area (Å²) in [6.07, 6.45) is 5.58. The minimum absolute atomic E-state index is 0.135. The zero-order valence-corrected chi connectivity index (χ0v) is 12.7. The lowest BCUT2D eigenvalue weighted by Crippen LogP contribution is -2.59. The predicted octanol–water partition coefficient (Wildman–Crippen LogP) is 1.72. The summed E-state index contributed by atoms with van der Waals surface area (Å²) in [5.74, 6) is -0.566. The average molecular weight is 363 g/mol. The second-order valence-corrected chi connectivity index (χ2v) is 6.45. The van der Waals surface area contributed by atoms with Crippen LogP contribution < -0.4 is 5.32 Å². The maximum atomic E-state index is 11.7. The molecule has 0 radical (unpaired) electrons. The Morgan fingerprint density at radius 3 is 2.78 bits per heavy atom. The molecule has 1 aromatic heterocycles. The first kappa shape index (κ1) is 13.8. The highest BCUT2D eigenvalue weighted by atomic mass is 127. The summed E-state index contributed by atoms with van der Waals surface area (Å²) in [5, 5.41) is 17.1. The fourth-order valence-corrected chi connectivity index (χ4v) is 2.81. The van der Waals surface area contributed by atoms with Gasteiger partial charge < -0.3 is 5.11 Å². The molecule has 1 aliphatic carbocycles. The van der Waals surface area contributed by atoms with E-state index in [4.69, 9.17) is 0 Å². The van der Waals surface area contributed by atoms with Crippen LogP contribution in [0, 0.1) is 9.49 Å². The summed E-state index contributed by atoms with van der Waals surface area (Å²) < 4.78 is 2.75. The number of halogens is 1. The zero-order valence-electron chi connectivity index (χ0n) is 10.6. The van der Waals surface area contributed by atoms with Crippen molar-refractivity contribution < 1.29 is 9.90 Å². The smallest absolute Gasteiger partial charge is 0.326 e. The van der Waals surface area contributed by atoms with Crippen LogP contribution in [0.15, 0.2) is 12.4 Å². The number of hydrogen-bond donors (Lipinski definition) is 2. The Kier molecular flexibility index (Phi) is 3.96. The van der Waals surface area contributed by atoms with Crippen molar-refractivity contribution in [1.82, 2.24) is 15.1 Å². The molecule has 0 spiro atoms. The third-order valence-electron chi connectivity index (χ3n) is 3.22. The van der Waals surface area contributed by atoms with E-state index in [1.807, 2.05) is 20.0 Å². The Labute approximate surface area is 120 Å². The van der Waals surface area contributed by atoms with Gasteiger partial charge in [0.25, 0.3) is 0 Å². The van der Waals surface area contributed by atoms with Gasteiger partial charge in [-0.25, -0.2) is 0 Å². The normalized spacial score (nSPS) is 18.9. The summed E-state index contributed by atoms with van der Waals surface area (Å²) >= 11 is 2.18. The topological polar surface area (TPSA) is 67.2 Å². The number of hydrogen-bond acceptors (Lipinski definition) is 3. The summed E-state index contributed by atoms with van der Waals surface area (Å²) in [7, 11) is 0. The maximum Gasteiger partial charge on any atom is 0.326 e. The number of carbonyl (C=O) groups is 1. The van der Waals surface area contributed by atoms with E-state index in [9.17, 15) is 9.90 Å². The first-order valence-corrected chi connectivity index (χ1v) is 7.21. The highest BCUT2D eigenvalue weighted by Gasteiger charge is 2.51. The number of carboxylic acids is 1. The highest BCUT2D eigenvalue weighted by molar-refractivity contribution is 14.1. The van der Waals surface area contributed by atoms with E-state index in [-0.39, 0.29) is 12.0 Å². The van der Waals surface area contributed by atoms with Crippen molar-refractivity contribution in [2.24, 2.45) is 5.92 Å². The molecule has 0 aromatic carbocycles. The number of carboxylic acid groups (broad SMARTS) is 1. The minimum atomic E-state index is -0.886. The first-order chi connectivity index (χ1) is 8.44. The highest BCUT2D eigenvalue weighted by Crippen LogP contribution is 2.41. The van der Waals surface area contributed by atoms with Crippen molar-refractivity contribution in [1.29, 1.82) is 0 Å². The van der Waals surface area contributed by atoms with Crippen molar-refractivity contribution in [3.05, 3.63) is 16.0 Å². The second kappa shape index (κ2) is 5.16. The van der Waals surface area contributed by atoms with E-state index in [1.54, 1.807) is 10.9 Å². The van der Waals surface area contributed by atoms with Crippen LogP contribution >= 0.6 is 22.6 Å². The van der Waals surface area contributed by atoms with Gasteiger partial charge in [0, 0.05) is 12.2 Å². The predicted molar refractivity (Wildman–Crippen MR) is 76.3 cm³/mol. The van der Waals surface area contributed by atoms with Crippen LogP contribution in [-0.4, -0.2) is 32.4 Å². The monoisotopic (exact) mass is 363 g/mol. The molecule has 2 N–H and O–H groups in total. The van der Waals surface area contributed by atoms with Crippen LogP contribution in [0.3, 0.4) is 0 Å². The standard InChI is InChI=1S/C12H18IN3O2/c1-8(2)15-12(11(17)18,9-3-4-9)7-16-6-10(13)5-14-16/h5-6,8-9,15H,3-4,7H2,1-2H3,(H,17,18). The quantitative estimate of drug-likeness (QED) is 0.756. The van der Waals surface area contributed by atoms with E-state index >= 15 is 0 Å². The van der Waals surface area contributed by atoms with Gasteiger partial charge in [-0.1, -0.05) is 0 Å². The summed E-state index contributed by atoms with van der Waals surface area (Å²) in [6, 6.07) is 0.135. The fourth-order valence-electron chi connectivity index (χ4n) is 2.37. The lowest BCUT2D eigenvalue weighted by Gasteiger charge is -2.32. The van der Waals surface area contributed by atoms with Crippen LogP contribution in [-0.2, 0) is 11.3 Å². The number of rotatable bonds is 6. The molecule has 1 atom stereocenters. The largest absolute Gasteiger partial charge is 0.480 e. The fraction of sp³-hybridized carbons (Fsp3) is 0.667. The molecular weight excluding hydrogens is 345 g/mol. The molecule has 1 unspecified atom stereocenters. The molecule has 0 amide bonds. The molecule has 5 nitrogen and oxygen atoms in total. The zero-order chi connectivity index (χ0) is 13.3. The molecule has 6 heteroatoms. The van der Waals surface area contributed by atoms with Crippen LogP contribution in [0.1, 0.15) is 26.7 Å². The Morgan fingerprint density at radius 2 is 2.39 bits per heavy atom. The Hall–Kier alpha value is -0.630. The van der Waals surface area contributed by atoms with Gasteiger partial charge in [-0.2, -0.15) is 5.10 Å². The van der Waals surface area contributed by atoms with E-state index in [2.05, 4.69) is 33.0 Å². The van der Waals surface area contributed by atoms with Crippen molar-refractivity contribution in [3.8, 4) is 0 Å². The molecular formula is C12H18IN3O2. The van der Waals surface area contributed by atoms with E-state index < -0.39 is 11.5 Å². The molecule has 2 rings (SSSR count). The number of aromatic nitrogens is 2.